The molecule has 2 fully saturated rings. The summed E-state index contributed by atoms with van der Waals surface area (Å²) in [5.74, 6) is 0.749. The number of rotatable bonds is 7. The summed E-state index contributed by atoms with van der Waals surface area (Å²) >= 11 is 1.53. The lowest BCUT2D eigenvalue weighted by molar-refractivity contribution is -0.0545. The molecule has 3 aromatic rings. The molecule has 0 radical (unpaired) electrons. The second kappa shape index (κ2) is 8.43. The van der Waals surface area contributed by atoms with Crippen molar-refractivity contribution in [2.75, 3.05) is 17.2 Å². The highest BCUT2D eigenvalue weighted by molar-refractivity contribution is 7.21. The predicted molar refractivity (Wildman–Crippen MR) is 128 cm³/mol. The van der Waals surface area contributed by atoms with Gasteiger partial charge in [0.1, 0.15) is 22.4 Å². The number of nitrogens with zero attached hydrogens (tertiary/aromatic N) is 4. The van der Waals surface area contributed by atoms with Crippen molar-refractivity contribution in [1.82, 2.24) is 19.9 Å². The molecule has 33 heavy (non-hydrogen) atoms. The largest absolute Gasteiger partial charge is 0.396 e. The molecule has 3 heterocycles. The Hall–Kier alpha value is -2.40. The average molecular weight is 471 g/mol. The lowest BCUT2D eigenvalue weighted by Gasteiger charge is -2.31. The number of aromatic nitrogens is 4. The van der Waals surface area contributed by atoms with Gasteiger partial charge in [0.15, 0.2) is 5.72 Å². The zero-order chi connectivity index (χ0) is 23.3. The molecule has 3 aromatic heterocycles. The first kappa shape index (κ1) is 22.4. The molecule has 0 aliphatic heterocycles. The van der Waals surface area contributed by atoms with Gasteiger partial charge in [0.05, 0.1) is 21.7 Å². The van der Waals surface area contributed by atoms with Crippen LogP contribution in [-0.4, -0.2) is 59.7 Å². The van der Waals surface area contributed by atoms with Gasteiger partial charge in [-0.3, -0.25) is 4.98 Å². The van der Waals surface area contributed by atoms with Crippen LogP contribution in [0.4, 0.5) is 11.8 Å². The predicted octanol–water partition coefficient (Wildman–Crippen LogP) is 3.02. The number of fused-ring (bicyclic) bond motifs is 1. The number of pyridine rings is 1. The smallest absolute Gasteiger partial charge is 0.225 e. The van der Waals surface area contributed by atoms with Crippen molar-refractivity contribution in [2.24, 2.45) is 5.92 Å². The van der Waals surface area contributed by atoms with E-state index in [0.717, 1.165) is 39.5 Å². The first-order valence-corrected chi connectivity index (χ1v) is 12.3. The van der Waals surface area contributed by atoms with Crippen LogP contribution in [0, 0.1) is 12.8 Å². The maximum atomic E-state index is 11.2. The molecule has 2 saturated carbocycles. The highest BCUT2D eigenvalue weighted by atomic mass is 32.1. The fourth-order valence-corrected chi connectivity index (χ4v) is 5.50. The maximum absolute atomic E-state index is 11.2. The number of hydrogen-bond donors (Lipinski definition) is 5. The maximum Gasteiger partial charge on any atom is 0.225 e. The Morgan fingerprint density at radius 2 is 2.00 bits per heavy atom. The van der Waals surface area contributed by atoms with Crippen LogP contribution in [0.25, 0.3) is 20.8 Å². The van der Waals surface area contributed by atoms with Crippen LogP contribution in [0.2, 0.25) is 0 Å². The summed E-state index contributed by atoms with van der Waals surface area (Å²) in [5, 5.41) is 38.6. The van der Waals surface area contributed by atoms with Crippen LogP contribution in [0.3, 0.4) is 0 Å². The summed E-state index contributed by atoms with van der Waals surface area (Å²) in [7, 11) is 0. The van der Waals surface area contributed by atoms with Crippen molar-refractivity contribution in [3.63, 3.8) is 0 Å². The molecule has 2 aliphatic carbocycles. The highest BCUT2D eigenvalue weighted by Gasteiger charge is 2.47. The normalized spacial score (nSPS) is 25.2. The highest BCUT2D eigenvalue weighted by Crippen LogP contribution is 2.41. The summed E-state index contributed by atoms with van der Waals surface area (Å²) in [6.07, 6.45) is 3.66. The molecule has 176 valence electrons. The third-order valence-corrected chi connectivity index (χ3v) is 7.54. The van der Waals surface area contributed by atoms with Crippen LogP contribution >= 0.6 is 11.3 Å². The van der Waals surface area contributed by atoms with Crippen molar-refractivity contribution in [2.45, 2.75) is 70.2 Å². The van der Waals surface area contributed by atoms with Crippen molar-refractivity contribution in [3.8, 4) is 10.6 Å². The summed E-state index contributed by atoms with van der Waals surface area (Å²) in [4.78, 5) is 18.8. The topological polar surface area (TPSA) is 136 Å². The number of aliphatic hydroxyl groups excluding tert-OH is 2. The zero-order valence-electron chi connectivity index (χ0n) is 19.0. The molecular weight excluding hydrogens is 440 g/mol. The van der Waals surface area contributed by atoms with Crippen molar-refractivity contribution >= 4 is 33.3 Å². The van der Waals surface area contributed by atoms with Gasteiger partial charge in [-0.2, -0.15) is 4.98 Å². The molecule has 0 saturated heterocycles. The number of hydrogen-bond acceptors (Lipinski definition) is 10. The van der Waals surface area contributed by atoms with Gasteiger partial charge < -0.3 is 26.0 Å². The molecule has 0 spiro atoms. The third kappa shape index (κ3) is 4.16. The standard InChI is InChI=1S/C23H30N6O3S/c1-11(2)17-18-15(7-9-24-17)33-21(27-18)16-12(3)25-22(26-14-4-5-14)28-20(16)29-23(32)8-6-13(10-30)19(23)31/h7,9,11,13-14,19,30-32H,4-6,8,10H2,1-3H3,(H2,25,26,28,29)/t13-,19-,23-/m1/s1. The fourth-order valence-electron chi connectivity index (χ4n) is 4.43. The summed E-state index contributed by atoms with van der Waals surface area (Å²) in [6, 6.07) is 2.32. The van der Waals surface area contributed by atoms with E-state index in [1.54, 1.807) is 6.20 Å². The summed E-state index contributed by atoms with van der Waals surface area (Å²) in [5.41, 5.74) is 1.62. The number of anilines is 2. The fraction of sp³-hybridized carbons (Fsp3) is 0.565. The number of thiazole rings is 1. The van der Waals surface area contributed by atoms with E-state index in [0.29, 0.717) is 36.2 Å². The van der Waals surface area contributed by atoms with Gasteiger partial charge in [0, 0.05) is 24.8 Å². The van der Waals surface area contributed by atoms with E-state index in [4.69, 9.17) is 9.97 Å². The van der Waals surface area contributed by atoms with Gasteiger partial charge >= 0.3 is 0 Å². The van der Waals surface area contributed by atoms with Crippen LogP contribution in [0.5, 0.6) is 0 Å². The Balaban J connectivity index is 1.61. The zero-order valence-corrected chi connectivity index (χ0v) is 19.9. The van der Waals surface area contributed by atoms with E-state index in [9.17, 15) is 15.3 Å². The summed E-state index contributed by atoms with van der Waals surface area (Å²) < 4.78 is 1.02. The minimum atomic E-state index is -1.60. The first-order valence-electron chi connectivity index (χ1n) is 11.5. The van der Waals surface area contributed by atoms with Gasteiger partial charge in [-0.05, 0) is 44.6 Å². The molecule has 9 nitrogen and oxygen atoms in total. The average Bonchev–Trinajstić information content (AvgIpc) is 3.40. The van der Waals surface area contributed by atoms with Crippen molar-refractivity contribution in [1.29, 1.82) is 0 Å². The Kier molecular flexibility index (Phi) is 5.72. The van der Waals surface area contributed by atoms with Crippen LogP contribution in [-0.2, 0) is 0 Å². The number of aryl methyl sites for hydroxylation is 1. The van der Waals surface area contributed by atoms with Crippen LogP contribution in [0.1, 0.15) is 56.8 Å². The van der Waals surface area contributed by atoms with Gasteiger partial charge in [-0.25, -0.2) is 9.97 Å². The van der Waals surface area contributed by atoms with Gasteiger partial charge in [-0.1, -0.05) is 13.8 Å². The Morgan fingerprint density at radius 3 is 2.67 bits per heavy atom. The minimum Gasteiger partial charge on any atom is -0.396 e. The molecule has 0 unspecified atom stereocenters. The quantitative estimate of drug-likeness (QED) is 0.330. The lowest BCUT2D eigenvalue weighted by atomic mass is 10.0. The Bertz CT molecular complexity index is 1180. The van der Waals surface area contributed by atoms with E-state index in [-0.39, 0.29) is 18.4 Å². The lowest BCUT2D eigenvalue weighted by Crippen LogP contribution is -2.48. The molecule has 5 rings (SSSR count). The Labute approximate surface area is 196 Å². The number of aliphatic hydroxyl groups is 3. The van der Waals surface area contributed by atoms with Gasteiger partial charge in [-0.15, -0.1) is 11.3 Å². The SMILES string of the molecule is Cc1nc(NC2CC2)nc(N[C@@]2(O)CC[C@H](CO)[C@H]2O)c1-c1nc2c(C(C)C)nccc2s1. The molecular formula is C23H30N6O3S. The summed E-state index contributed by atoms with van der Waals surface area (Å²) in [6.45, 7) is 5.90. The molecule has 0 aromatic carbocycles. The van der Waals surface area contributed by atoms with Crippen molar-refractivity contribution in [3.05, 3.63) is 23.7 Å². The second-order valence-corrected chi connectivity index (χ2v) is 10.5. The Morgan fingerprint density at radius 1 is 1.21 bits per heavy atom. The van der Waals surface area contributed by atoms with Crippen LogP contribution in [0.15, 0.2) is 12.3 Å². The van der Waals surface area contributed by atoms with Gasteiger partial charge in [0.2, 0.25) is 5.95 Å². The van der Waals surface area contributed by atoms with E-state index in [2.05, 4.69) is 34.4 Å². The van der Waals surface area contributed by atoms with Crippen molar-refractivity contribution < 1.29 is 15.3 Å². The van der Waals surface area contributed by atoms with E-state index in [1.807, 2.05) is 13.0 Å². The minimum absolute atomic E-state index is 0.182. The van der Waals surface area contributed by atoms with E-state index in [1.165, 1.54) is 11.3 Å². The molecule has 10 heteroatoms. The number of nitrogens with one attached hydrogen (secondary N) is 2. The van der Waals surface area contributed by atoms with E-state index < -0.39 is 11.8 Å². The first-order chi connectivity index (χ1) is 15.8. The monoisotopic (exact) mass is 470 g/mol. The molecule has 2 aliphatic rings. The molecule has 5 N–H and O–H groups in total. The molecule has 0 amide bonds. The second-order valence-electron chi connectivity index (χ2n) is 9.47. The van der Waals surface area contributed by atoms with Gasteiger partial charge in [0.25, 0.3) is 0 Å². The van der Waals surface area contributed by atoms with Crippen LogP contribution < -0.4 is 10.6 Å². The molecule has 0 bridgehead atoms. The molecule has 3 atom stereocenters. The third-order valence-electron chi connectivity index (χ3n) is 6.50. The van der Waals surface area contributed by atoms with E-state index >= 15 is 0 Å².